The molecule has 0 aromatic rings. The van der Waals surface area contributed by atoms with Crippen molar-refractivity contribution in [2.75, 3.05) is 5.33 Å². The van der Waals surface area contributed by atoms with E-state index in [2.05, 4.69) is 29.8 Å². The molecule has 0 radical (unpaired) electrons. The van der Waals surface area contributed by atoms with Crippen molar-refractivity contribution in [3.05, 3.63) is 0 Å². The number of halogens is 1. The quantitative estimate of drug-likeness (QED) is 0.633. The molecule has 70 valence electrons. The topological polar surface area (TPSA) is 0 Å². The van der Waals surface area contributed by atoms with Gasteiger partial charge in [0.2, 0.25) is 0 Å². The molecule has 12 heavy (non-hydrogen) atoms. The molecular weight excluding hydrogens is 212 g/mol. The van der Waals surface area contributed by atoms with Crippen molar-refractivity contribution < 1.29 is 0 Å². The van der Waals surface area contributed by atoms with E-state index in [0.717, 1.165) is 17.8 Å². The van der Waals surface area contributed by atoms with Crippen molar-refractivity contribution in [1.29, 1.82) is 0 Å². The summed E-state index contributed by atoms with van der Waals surface area (Å²) in [6, 6.07) is 0. The van der Waals surface area contributed by atoms with E-state index in [9.17, 15) is 0 Å². The highest BCUT2D eigenvalue weighted by molar-refractivity contribution is 9.09. The van der Waals surface area contributed by atoms with Crippen molar-refractivity contribution in [2.24, 2.45) is 23.2 Å². The van der Waals surface area contributed by atoms with E-state index in [1.807, 2.05) is 0 Å². The molecule has 3 rings (SSSR count). The van der Waals surface area contributed by atoms with E-state index in [-0.39, 0.29) is 0 Å². The molecule has 3 aliphatic rings. The molecule has 0 nitrogen and oxygen atoms in total. The summed E-state index contributed by atoms with van der Waals surface area (Å²) < 4.78 is 0. The summed E-state index contributed by atoms with van der Waals surface area (Å²) in [5, 5.41) is 1.20. The van der Waals surface area contributed by atoms with Gasteiger partial charge in [-0.1, -0.05) is 29.8 Å². The molecule has 0 spiro atoms. The lowest BCUT2D eigenvalue weighted by Gasteiger charge is -2.60. The number of alkyl halides is 1. The predicted octanol–water partition coefficient (Wildman–Crippen LogP) is 3.84. The van der Waals surface area contributed by atoms with Crippen LogP contribution in [0.1, 0.15) is 39.5 Å². The Hall–Kier alpha value is 0.480. The van der Waals surface area contributed by atoms with Crippen LogP contribution in [0.15, 0.2) is 0 Å². The monoisotopic (exact) mass is 230 g/mol. The van der Waals surface area contributed by atoms with E-state index >= 15 is 0 Å². The fourth-order valence-corrected chi connectivity index (χ4v) is 4.04. The first-order chi connectivity index (χ1) is 5.66. The number of hydrogen-bond donors (Lipinski definition) is 0. The molecule has 0 N–H and O–H groups in total. The highest BCUT2D eigenvalue weighted by Crippen LogP contribution is 2.61. The average molecular weight is 231 g/mol. The van der Waals surface area contributed by atoms with Gasteiger partial charge in [-0.15, -0.1) is 0 Å². The standard InChI is InChI=1S/C11H19Br/c1-11(2)9-4-3-8(5-6-12)10(11)7-9/h8-10H,3-7H2,1-2H3/t8-,9-,10-/m0/s1. The number of rotatable bonds is 2. The second-order valence-corrected chi connectivity index (χ2v) is 5.97. The number of fused-ring (bicyclic) bond motifs is 2. The number of hydrogen-bond acceptors (Lipinski definition) is 0. The summed E-state index contributed by atoms with van der Waals surface area (Å²) in [5.74, 6) is 3.15. The van der Waals surface area contributed by atoms with Crippen molar-refractivity contribution in [3.8, 4) is 0 Å². The molecule has 2 bridgehead atoms. The van der Waals surface area contributed by atoms with Gasteiger partial charge in [0.25, 0.3) is 0 Å². The van der Waals surface area contributed by atoms with Gasteiger partial charge in [-0.05, 0) is 48.9 Å². The minimum atomic E-state index is 0.686. The Labute approximate surface area is 84.2 Å². The largest absolute Gasteiger partial charge is 0.0928 e. The molecule has 3 atom stereocenters. The summed E-state index contributed by atoms with van der Waals surface area (Å²) >= 11 is 3.57. The molecule has 3 fully saturated rings. The zero-order chi connectivity index (χ0) is 8.77. The molecular formula is C11H19Br. The molecule has 0 unspecified atom stereocenters. The van der Waals surface area contributed by atoms with Crippen LogP contribution in [0.3, 0.4) is 0 Å². The van der Waals surface area contributed by atoms with Gasteiger partial charge in [0.05, 0.1) is 0 Å². The molecule has 1 heteroatoms. The van der Waals surface area contributed by atoms with Crippen LogP contribution in [0.25, 0.3) is 0 Å². The van der Waals surface area contributed by atoms with Crippen LogP contribution in [0.4, 0.5) is 0 Å². The molecule has 3 saturated carbocycles. The van der Waals surface area contributed by atoms with Crippen LogP contribution < -0.4 is 0 Å². The lowest BCUT2D eigenvalue weighted by Crippen LogP contribution is -2.52. The average Bonchev–Trinajstić information content (AvgIpc) is 2.05. The van der Waals surface area contributed by atoms with Gasteiger partial charge >= 0.3 is 0 Å². The maximum Gasteiger partial charge on any atom is 0.00340 e. The highest BCUT2D eigenvalue weighted by atomic mass is 79.9. The smallest absolute Gasteiger partial charge is 0.00340 e. The van der Waals surface area contributed by atoms with Crippen molar-refractivity contribution in [3.63, 3.8) is 0 Å². The lowest BCUT2D eigenvalue weighted by atomic mass is 9.45. The fraction of sp³-hybridized carbons (Fsp3) is 1.00. The molecule has 0 amide bonds. The third kappa shape index (κ3) is 1.16. The lowest BCUT2D eigenvalue weighted by molar-refractivity contribution is -0.105. The Bertz CT molecular complexity index is 170. The Morgan fingerprint density at radius 2 is 2.08 bits per heavy atom. The molecule has 0 aliphatic heterocycles. The molecule has 0 saturated heterocycles. The van der Waals surface area contributed by atoms with Crippen LogP contribution in [-0.2, 0) is 0 Å². The van der Waals surface area contributed by atoms with Crippen LogP contribution >= 0.6 is 15.9 Å². The molecule has 3 aliphatic carbocycles. The van der Waals surface area contributed by atoms with Crippen LogP contribution in [0, 0.1) is 23.2 Å². The third-order valence-electron chi connectivity index (χ3n) is 4.48. The second-order valence-electron chi connectivity index (χ2n) is 5.18. The van der Waals surface area contributed by atoms with Gasteiger partial charge in [-0.25, -0.2) is 0 Å². The minimum absolute atomic E-state index is 0.686. The summed E-state index contributed by atoms with van der Waals surface area (Å²) in [7, 11) is 0. The van der Waals surface area contributed by atoms with Crippen molar-refractivity contribution >= 4 is 15.9 Å². The first-order valence-electron chi connectivity index (χ1n) is 5.22. The van der Waals surface area contributed by atoms with Gasteiger partial charge < -0.3 is 0 Å². The predicted molar refractivity (Wildman–Crippen MR) is 56.5 cm³/mol. The van der Waals surface area contributed by atoms with Crippen LogP contribution in [0.2, 0.25) is 0 Å². The van der Waals surface area contributed by atoms with E-state index in [4.69, 9.17) is 0 Å². The van der Waals surface area contributed by atoms with E-state index in [1.165, 1.54) is 31.0 Å². The molecule has 0 aromatic carbocycles. The van der Waals surface area contributed by atoms with E-state index in [0.29, 0.717) is 5.41 Å². The summed E-state index contributed by atoms with van der Waals surface area (Å²) in [5.41, 5.74) is 0.686. The first-order valence-corrected chi connectivity index (χ1v) is 6.34. The Morgan fingerprint density at radius 1 is 1.33 bits per heavy atom. The van der Waals surface area contributed by atoms with Gasteiger partial charge in [0.1, 0.15) is 0 Å². The highest BCUT2D eigenvalue weighted by Gasteiger charge is 2.53. The zero-order valence-corrected chi connectivity index (χ0v) is 9.73. The summed E-state index contributed by atoms with van der Waals surface area (Å²) in [6.45, 7) is 4.96. The van der Waals surface area contributed by atoms with Crippen LogP contribution in [-0.4, -0.2) is 5.33 Å². The second kappa shape index (κ2) is 3.01. The maximum absolute atomic E-state index is 3.57. The Morgan fingerprint density at radius 3 is 2.58 bits per heavy atom. The Kier molecular flexibility index (Phi) is 2.27. The van der Waals surface area contributed by atoms with Gasteiger partial charge in [0.15, 0.2) is 0 Å². The minimum Gasteiger partial charge on any atom is -0.0928 e. The van der Waals surface area contributed by atoms with Crippen molar-refractivity contribution in [2.45, 2.75) is 39.5 Å². The van der Waals surface area contributed by atoms with Gasteiger partial charge in [-0.3, -0.25) is 0 Å². The SMILES string of the molecule is CC1(C)[C@H]2CC[C@@H](CCBr)[C@@H]1C2. The zero-order valence-electron chi connectivity index (χ0n) is 8.15. The molecule has 0 aromatic heterocycles. The maximum atomic E-state index is 3.57. The summed E-state index contributed by atoms with van der Waals surface area (Å²) in [6.07, 6.45) is 5.94. The van der Waals surface area contributed by atoms with Crippen LogP contribution in [0.5, 0.6) is 0 Å². The van der Waals surface area contributed by atoms with E-state index in [1.54, 1.807) is 0 Å². The summed E-state index contributed by atoms with van der Waals surface area (Å²) in [4.78, 5) is 0. The Balaban J connectivity index is 2.01. The normalized spacial score (nSPS) is 43.8. The van der Waals surface area contributed by atoms with Gasteiger partial charge in [0, 0.05) is 5.33 Å². The first kappa shape index (κ1) is 9.05. The van der Waals surface area contributed by atoms with Gasteiger partial charge in [-0.2, -0.15) is 0 Å². The third-order valence-corrected chi connectivity index (χ3v) is 4.94. The molecule has 0 heterocycles. The van der Waals surface area contributed by atoms with E-state index < -0.39 is 0 Å². The van der Waals surface area contributed by atoms with Crippen molar-refractivity contribution in [1.82, 2.24) is 0 Å². The fourth-order valence-electron chi connectivity index (χ4n) is 3.45.